The Morgan fingerprint density at radius 2 is 2.00 bits per heavy atom. The maximum absolute atomic E-state index is 12.7. The highest BCUT2D eigenvalue weighted by atomic mass is 16.5. The van der Waals surface area contributed by atoms with Crippen LogP contribution in [0.15, 0.2) is 47.0 Å². The van der Waals surface area contributed by atoms with Crippen molar-refractivity contribution in [2.45, 2.75) is 33.4 Å². The van der Waals surface area contributed by atoms with Gasteiger partial charge in [-0.3, -0.25) is 0 Å². The number of aromatic nitrogens is 5. The Kier molecular flexibility index (Phi) is 4.60. The second-order valence-electron chi connectivity index (χ2n) is 6.67. The summed E-state index contributed by atoms with van der Waals surface area (Å²) in [7, 11) is 0. The van der Waals surface area contributed by atoms with Gasteiger partial charge in [0.25, 0.3) is 5.89 Å². The van der Waals surface area contributed by atoms with Gasteiger partial charge >= 0.3 is 5.97 Å². The fraction of sp³-hybridized carbons (Fsp3) is 0.250. The molecule has 0 saturated carbocycles. The number of ether oxygens (including phenoxy) is 1. The topological polar surface area (TPSA) is 95.9 Å². The molecule has 0 unspecified atom stereocenters. The van der Waals surface area contributed by atoms with E-state index in [9.17, 15) is 4.79 Å². The molecule has 4 aromatic rings. The molecule has 28 heavy (non-hydrogen) atoms. The number of nitrogens with zero attached hydrogens (tertiary/aromatic N) is 5. The minimum absolute atomic E-state index is 0.111. The van der Waals surface area contributed by atoms with Crippen molar-refractivity contribution in [3.05, 3.63) is 59.7 Å². The van der Waals surface area contributed by atoms with Crippen molar-refractivity contribution in [1.82, 2.24) is 25.0 Å². The van der Waals surface area contributed by atoms with Crippen molar-refractivity contribution in [2.75, 3.05) is 0 Å². The number of carbonyl (C=O) groups excluding carboxylic acids is 1. The molecule has 142 valence electrons. The summed E-state index contributed by atoms with van der Waals surface area (Å²) in [5.74, 6) is 0.123. The molecule has 0 atom stereocenters. The molecule has 0 fully saturated rings. The van der Waals surface area contributed by atoms with E-state index in [1.54, 1.807) is 16.9 Å². The molecule has 0 spiro atoms. The third-order valence-corrected chi connectivity index (χ3v) is 4.22. The Morgan fingerprint density at radius 1 is 1.21 bits per heavy atom. The fourth-order valence-corrected chi connectivity index (χ4v) is 2.90. The Labute approximate surface area is 161 Å². The lowest BCUT2D eigenvalue weighted by molar-refractivity contribution is 0.0441. The first-order chi connectivity index (χ1) is 13.5. The predicted octanol–water partition coefficient (Wildman–Crippen LogP) is 3.73. The van der Waals surface area contributed by atoms with Crippen LogP contribution in [0.4, 0.5) is 0 Å². The molecule has 3 aromatic heterocycles. The molecule has 3 heterocycles. The van der Waals surface area contributed by atoms with Crippen LogP contribution in [-0.2, 0) is 11.3 Å². The van der Waals surface area contributed by atoms with Gasteiger partial charge < -0.3 is 9.15 Å². The molecule has 0 aliphatic heterocycles. The molecule has 1 aromatic carbocycles. The van der Waals surface area contributed by atoms with Crippen molar-refractivity contribution in [2.24, 2.45) is 0 Å². The molecule has 0 N–H and O–H groups in total. The highest BCUT2D eigenvalue weighted by molar-refractivity contribution is 6.02. The van der Waals surface area contributed by atoms with Crippen LogP contribution in [0.1, 0.15) is 41.8 Å². The summed E-state index contributed by atoms with van der Waals surface area (Å²) >= 11 is 0. The maximum atomic E-state index is 12.7. The third kappa shape index (κ3) is 3.36. The SMILES string of the molecule is Cc1cc(C(=O)OCc2nnc(-c3ccccc3)o2)c2cnn(C(C)C)c2n1. The molecule has 0 amide bonds. The smallest absolute Gasteiger partial charge is 0.339 e. The van der Waals surface area contributed by atoms with Gasteiger partial charge in [0.2, 0.25) is 5.89 Å². The molecule has 0 bridgehead atoms. The molecular formula is C20H19N5O3. The number of esters is 1. The Balaban J connectivity index is 1.54. The van der Waals surface area contributed by atoms with Crippen LogP contribution >= 0.6 is 0 Å². The lowest BCUT2D eigenvalue weighted by Crippen LogP contribution is -2.08. The minimum atomic E-state index is -0.488. The van der Waals surface area contributed by atoms with Gasteiger partial charge in [0.05, 0.1) is 17.1 Å². The van der Waals surface area contributed by atoms with Gasteiger partial charge in [-0.2, -0.15) is 5.10 Å². The highest BCUT2D eigenvalue weighted by Gasteiger charge is 2.19. The lowest BCUT2D eigenvalue weighted by atomic mass is 10.1. The first-order valence-corrected chi connectivity index (χ1v) is 8.92. The zero-order valence-electron chi connectivity index (χ0n) is 15.8. The Hall–Kier alpha value is -3.55. The van der Waals surface area contributed by atoms with Crippen LogP contribution < -0.4 is 0 Å². The number of rotatable bonds is 5. The summed E-state index contributed by atoms with van der Waals surface area (Å²) in [5, 5.41) is 12.9. The second-order valence-corrected chi connectivity index (χ2v) is 6.67. The minimum Gasteiger partial charge on any atom is -0.452 e. The zero-order chi connectivity index (χ0) is 19.7. The van der Waals surface area contributed by atoms with Crippen LogP contribution in [0.2, 0.25) is 0 Å². The van der Waals surface area contributed by atoms with E-state index in [1.165, 1.54) is 0 Å². The summed E-state index contributed by atoms with van der Waals surface area (Å²) in [5.41, 5.74) is 2.59. The van der Waals surface area contributed by atoms with E-state index in [1.807, 2.05) is 51.1 Å². The van der Waals surface area contributed by atoms with E-state index in [-0.39, 0.29) is 18.5 Å². The Bertz CT molecular complexity index is 1130. The fourth-order valence-electron chi connectivity index (χ4n) is 2.90. The largest absolute Gasteiger partial charge is 0.452 e. The number of hydrogen-bond acceptors (Lipinski definition) is 7. The molecule has 0 radical (unpaired) electrons. The van der Waals surface area contributed by atoms with Gasteiger partial charge in [0.15, 0.2) is 12.3 Å². The number of pyridine rings is 1. The molecule has 8 nitrogen and oxygen atoms in total. The number of benzene rings is 1. The molecular weight excluding hydrogens is 358 g/mol. The molecule has 0 aliphatic carbocycles. The van der Waals surface area contributed by atoms with Crippen molar-refractivity contribution >= 4 is 17.0 Å². The third-order valence-electron chi connectivity index (χ3n) is 4.22. The summed E-state index contributed by atoms with van der Waals surface area (Å²) in [6, 6.07) is 11.2. The quantitative estimate of drug-likeness (QED) is 0.489. The second kappa shape index (κ2) is 7.22. The number of aryl methyl sites for hydroxylation is 1. The highest BCUT2D eigenvalue weighted by Crippen LogP contribution is 2.22. The summed E-state index contributed by atoms with van der Waals surface area (Å²) in [6.45, 7) is 5.74. The van der Waals surface area contributed by atoms with Crippen molar-refractivity contribution < 1.29 is 13.9 Å². The van der Waals surface area contributed by atoms with Crippen LogP contribution in [0.5, 0.6) is 0 Å². The van der Waals surface area contributed by atoms with Crippen LogP contribution in [0.3, 0.4) is 0 Å². The number of hydrogen-bond donors (Lipinski definition) is 0. The summed E-state index contributed by atoms with van der Waals surface area (Å²) in [6.07, 6.45) is 1.64. The normalized spacial score (nSPS) is 11.3. The summed E-state index contributed by atoms with van der Waals surface area (Å²) in [4.78, 5) is 17.2. The predicted molar refractivity (Wildman–Crippen MR) is 102 cm³/mol. The average molecular weight is 377 g/mol. The molecule has 0 saturated heterocycles. The number of carbonyl (C=O) groups is 1. The lowest BCUT2D eigenvalue weighted by Gasteiger charge is -2.08. The maximum Gasteiger partial charge on any atom is 0.339 e. The van der Waals surface area contributed by atoms with Gasteiger partial charge in [-0.25, -0.2) is 14.5 Å². The van der Waals surface area contributed by atoms with E-state index < -0.39 is 5.97 Å². The average Bonchev–Trinajstić information content (AvgIpc) is 3.33. The van der Waals surface area contributed by atoms with Crippen molar-refractivity contribution in [3.63, 3.8) is 0 Å². The van der Waals surface area contributed by atoms with Gasteiger partial charge in [-0.15, -0.1) is 10.2 Å². The van der Waals surface area contributed by atoms with E-state index in [0.717, 1.165) is 5.56 Å². The van der Waals surface area contributed by atoms with Crippen molar-refractivity contribution in [1.29, 1.82) is 0 Å². The molecule has 0 aliphatic rings. The molecule has 8 heteroatoms. The van der Waals surface area contributed by atoms with Gasteiger partial charge in [-0.1, -0.05) is 18.2 Å². The van der Waals surface area contributed by atoms with Gasteiger partial charge in [-0.05, 0) is 39.0 Å². The first kappa shape index (κ1) is 17.8. The van der Waals surface area contributed by atoms with Crippen LogP contribution in [0, 0.1) is 6.92 Å². The van der Waals surface area contributed by atoms with Crippen LogP contribution in [-0.4, -0.2) is 30.9 Å². The van der Waals surface area contributed by atoms with Crippen LogP contribution in [0.25, 0.3) is 22.5 Å². The number of fused-ring (bicyclic) bond motifs is 1. The standard InChI is InChI=1S/C20H19N5O3/c1-12(2)25-18-16(10-21-25)15(9-13(3)22-18)20(26)27-11-17-23-24-19(28-17)14-7-5-4-6-8-14/h4-10,12H,11H2,1-3H3. The van der Waals surface area contributed by atoms with Crippen molar-refractivity contribution in [3.8, 4) is 11.5 Å². The monoisotopic (exact) mass is 377 g/mol. The van der Waals surface area contributed by atoms with Gasteiger partial charge in [0.1, 0.15) is 0 Å². The summed E-state index contributed by atoms with van der Waals surface area (Å²) < 4.78 is 12.8. The van der Waals surface area contributed by atoms with Gasteiger partial charge in [0, 0.05) is 17.3 Å². The molecule has 4 rings (SSSR count). The van der Waals surface area contributed by atoms with E-state index >= 15 is 0 Å². The Morgan fingerprint density at radius 3 is 2.75 bits per heavy atom. The zero-order valence-corrected chi connectivity index (χ0v) is 15.8. The van der Waals surface area contributed by atoms with E-state index in [2.05, 4.69) is 20.3 Å². The van der Waals surface area contributed by atoms with E-state index in [0.29, 0.717) is 28.2 Å². The van der Waals surface area contributed by atoms with E-state index in [4.69, 9.17) is 9.15 Å². The first-order valence-electron chi connectivity index (χ1n) is 8.92.